The van der Waals surface area contributed by atoms with Gasteiger partial charge in [-0.25, -0.2) is 0 Å². The molecule has 2 aromatic rings. The second-order valence-electron chi connectivity index (χ2n) is 4.71. The number of carboxylic acids is 1. The van der Waals surface area contributed by atoms with Crippen LogP contribution >= 0.6 is 0 Å². The molecule has 2 aromatic carbocycles. The van der Waals surface area contributed by atoms with Crippen molar-refractivity contribution in [3.05, 3.63) is 70.8 Å². The maximum atomic E-state index is 12.5. The molecule has 0 bridgehead atoms. The third-order valence-electron chi connectivity index (χ3n) is 3.14. The van der Waals surface area contributed by atoms with Crippen LogP contribution in [0.1, 0.15) is 22.3 Å². The van der Waals surface area contributed by atoms with E-state index in [0.717, 1.165) is 17.7 Å². The molecule has 0 amide bonds. The quantitative estimate of drug-likeness (QED) is 0.928. The molecule has 21 heavy (non-hydrogen) atoms. The van der Waals surface area contributed by atoms with Gasteiger partial charge in [0.15, 0.2) is 0 Å². The van der Waals surface area contributed by atoms with Gasteiger partial charge in [0.05, 0.1) is 12.0 Å². The summed E-state index contributed by atoms with van der Waals surface area (Å²) >= 11 is 0. The van der Waals surface area contributed by atoms with Crippen LogP contribution in [0.4, 0.5) is 13.2 Å². The maximum absolute atomic E-state index is 12.5. The average molecular weight is 294 g/mol. The number of hydrogen-bond donors (Lipinski definition) is 1. The fourth-order valence-corrected chi connectivity index (χ4v) is 2.10. The molecular formula is C16H13F3O2. The van der Waals surface area contributed by atoms with Crippen molar-refractivity contribution >= 4 is 5.97 Å². The van der Waals surface area contributed by atoms with Gasteiger partial charge in [0, 0.05) is 0 Å². The van der Waals surface area contributed by atoms with Crippen molar-refractivity contribution < 1.29 is 23.1 Å². The van der Waals surface area contributed by atoms with E-state index in [4.69, 9.17) is 5.11 Å². The van der Waals surface area contributed by atoms with Crippen LogP contribution in [-0.4, -0.2) is 11.1 Å². The lowest BCUT2D eigenvalue weighted by molar-refractivity contribution is -0.138. The van der Waals surface area contributed by atoms with Gasteiger partial charge in [-0.3, -0.25) is 4.79 Å². The van der Waals surface area contributed by atoms with E-state index >= 15 is 0 Å². The monoisotopic (exact) mass is 294 g/mol. The molecule has 110 valence electrons. The lowest BCUT2D eigenvalue weighted by Crippen LogP contribution is -2.05. The molecule has 0 heterocycles. The number of alkyl halides is 3. The van der Waals surface area contributed by atoms with Gasteiger partial charge in [-0.05, 0) is 35.2 Å². The van der Waals surface area contributed by atoms with Crippen LogP contribution in [0, 0.1) is 0 Å². The first-order valence-electron chi connectivity index (χ1n) is 6.31. The van der Waals surface area contributed by atoms with Gasteiger partial charge in [0.1, 0.15) is 0 Å². The molecule has 0 radical (unpaired) electrons. The normalized spacial score (nSPS) is 11.4. The van der Waals surface area contributed by atoms with Crippen LogP contribution in [0.3, 0.4) is 0 Å². The summed E-state index contributed by atoms with van der Waals surface area (Å²) in [7, 11) is 0. The highest BCUT2D eigenvalue weighted by atomic mass is 19.4. The standard InChI is InChI=1S/C16H13F3O2/c17-16(18,19)14-7-5-11(6-8-14)9-12-3-1-2-4-13(12)10-15(20)21/h1-8H,9-10H2,(H,20,21). The summed E-state index contributed by atoms with van der Waals surface area (Å²) in [5, 5.41) is 8.86. The third-order valence-corrected chi connectivity index (χ3v) is 3.14. The third kappa shape index (κ3) is 4.08. The Balaban J connectivity index is 2.20. The second kappa shape index (κ2) is 5.99. The van der Waals surface area contributed by atoms with E-state index in [1.165, 1.54) is 12.1 Å². The van der Waals surface area contributed by atoms with Crippen molar-refractivity contribution in [2.75, 3.05) is 0 Å². The zero-order chi connectivity index (χ0) is 15.5. The number of halogens is 3. The molecule has 2 nitrogen and oxygen atoms in total. The molecule has 1 N–H and O–H groups in total. The van der Waals surface area contributed by atoms with Gasteiger partial charge < -0.3 is 5.11 Å². The van der Waals surface area contributed by atoms with Crippen LogP contribution in [0.2, 0.25) is 0 Å². The number of hydrogen-bond acceptors (Lipinski definition) is 1. The summed E-state index contributed by atoms with van der Waals surface area (Å²) in [6.07, 6.45) is -4.04. The molecule has 5 heteroatoms. The first-order chi connectivity index (χ1) is 9.86. The van der Waals surface area contributed by atoms with E-state index < -0.39 is 17.7 Å². The topological polar surface area (TPSA) is 37.3 Å². The molecular weight excluding hydrogens is 281 g/mol. The highest BCUT2D eigenvalue weighted by Crippen LogP contribution is 2.29. The number of carbonyl (C=O) groups is 1. The average Bonchev–Trinajstić information content (AvgIpc) is 2.40. The van der Waals surface area contributed by atoms with Crippen LogP contribution in [0.15, 0.2) is 48.5 Å². The minimum atomic E-state index is -4.35. The highest BCUT2D eigenvalue weighted by Gasteiger charge is 2.29. The van der Waals surface area contributed by atoms with Crippen molar-refractivity contribution in [2.45, 2.75) is 19.0 Å². The van der Waals surface area contributed by atoms with Gasteiger partial charge in [-0.1, -0.05) is 36.4 Å². The summed E-state index contributed by atoms with van der Waals surface area (Å²) in [5.41, 5.74) is 1.50. The molecule has 0 aliphatic rings. The SMILES string of the molecule is O=C(O)Cc1ccccc1Cc1ccc(C(F)(F)F)cc1. The second-order valence-corrected chi connectivity index (χ2v) is 4.71. The Morgan fingerprint density at radius 1 is 0.952 bits per heavy atom. The first kappa shape index (κ1) is 15.1. The predicted molar refractivity (Wildman–Crippen MR) is 72.0 cm³/mol. The molecule has 0 aliphatic heterocycles. The molecule has 0 spiro atoms. The molecule has 0 fully saturated rings. The Labute approximate surface area is 119 Å². The first-order valence-corrected chi connectivity index (χ1v) is 6.31. The van der Waals surface area contributed by atoms with Crippen molar-refractivity contribution in [1.82, 2.24) is 0 Å². The van der Waals surface area contributed by atoms with E-state index in [9.17, 15) is 18.0 Å². The Kier molecular flexibility index (Phi) is 4.31. The zero-order valence-electron chi connectivity index (χ0n) is 11.0. The number of aliphatic carboxylic acids is 1. The lowest BCUT2D eigenvalue weighted by atomic mass is 9.97. The van der Waals surface area contributed by atoms with Crippen molar-refractivity contribution in [3.63, 3.8) is 0 Å². The fourth-order valence-electron chi connectivity index (χ4n) is 2.10. The van der Waals surface area contributed by atoms with Gasteiger partial charge in [0.2, 0.25) is 0 Å². The summed E-state index contributed by atoms with van der Waals surface area (Å²) in [6, 6.07) is 11.9. The largest absolute Gasteiger partial charge is 0.481 e. The van der Waals surface area contributed by atoms with Gasteiger partial charge in [-0.15, -0.1) is 0 Å². The maximum Gasteiger partial charge on any atom is 0.416 e. The minimum Gasteiger partial charge on any atom is -0.481 e. The highest BCUT2D eigenvalue weighted by molar-refractivity contribution is 5.70. The summed E-state index contributed by atoms with van der Waals surface area (Å²) in [6.45, 7) is 0. The summed E-state index contributed by atoms with van der Waals surface area (Å²) in [5.74, 6) is -0.935. The Bertz CT molecular complexity index is 631. The smallest absolute Gasteiger partial charge is 0.416 e. The van der Waals surface area contributed by atoms with E-state index in [1.54, 1.807) is 24.3 Å². The Morgan fingerprint density at radius 3 is 2.05 bits per heavy atom. The minimum absolute atomic E-state index is 0.100. The van der Waals surface area contributed by atoms with Crippen molar-refractivity contribution in [3.8, 4) is 0 Å². The van der Waals surface area contributed by atoms with Gasteiger partial charge >= 0.3 is 12.1 Å². The van der Waals surface area contributed by atoms with Crippen molar-refractivity contribution in [2.24, 2.45) is 0 Å². The van der Waals surface area contributed by atoms with E-state index in [2.05, 4.69) is 0 Å². The molecule has 0 aliphatic carbocycles. The van der Waals surface area contributed by atoms with Crippen LogP contribution < -0.4 is 0 Å². The lowest BCUT2D eigenvalue weighted by Gasteiger charge is -2.10. The predicted octanol–water partition coefficient (Wildman–Crippen LogP) is 3.92. The Hall–Kier alpha value is -2.30. The van der Waals surface area contributed by atoms with Crippen LogP contribution in [0.5, 0.6) is 0 Å². The summed E-state index contributed by atoms with van der Waals surface area (Å²) < 4.78 is 37.5. The molecule has 0 aromatic heterocycles. The summed E-state index contributed by atoms with van der Waals surface area (Å²) in [4.78, 5) is 10.8. The van der Waals surface area contributed by atoms with Gasteiger partial charge in [0.25, 0.3) is 0 Å². The van der Waals surface area contributed by atoms with Crippen LogP contribution in [0.25, 0.3) is 0 Å². The van der Waals surface area contributed by atoms with E-state index in [1.807, 2.05) is 0 Å². The molecule has 0 atom stereocenters. The van der Waals surface area contributed by atoms with Crippen LogP contribution in [-0.2, 0) is 23.8 Å². The van der Waals surface area contributed by atoms with E-state index in [0.29, 0.717) is 17.5 Å². The molecule has 0 saturated heterocycles. The fraction of sp³-hybridized carbons (Fsp3) is 0.188. The zero-order valence-corrected chi connectivity index (χ0v) is 11.0. The number of carboxylic acid groups (broad SMARTS) is 1. The number of rotatable bonds is 4. The molecule has 0 saturated carbocycles. The Morgan fingerprint density at radius 2 is 1.52 bits per heavy atom. The number of benzene rings is 2. The van der Waals surface area contributed by atoms with E-state index in [-0.39, 0.29) is 6.42 Å². The molecule has 2 rings (SSSR count). The van der Waals surface area contributed by atoms with Crippen molar-refractivity contribution in [1.29, 1.82) is 0 Å². The molecule has 0 unspecified atom stereocenters. The van der Waals surface area contributed by atoms with Gasteiger partial charge in [-0.2, -0.15) is 13.2 Å².